The van der Waals surface area contributed by atoms with Gasteiger partial charge in [0.2, 0.25) is 5.82 Å². The SMILES string of the molecule is N#CC(=CNc1ccc2c(c1)CNCCN2)c1nn[nH]n1. The maximum Gasteiger partial charge on any atom is 0.216 e. The number of aromatic nitrogens is 4. The maximum absolute atomic E-state index is 9.11. The van der Waals surface area contributed by atoms with Gasteiger partial charge in [0.15, 0.2) is 0 Å². The van der Waals surface area contributed by atoms with Crippen LogP contribution in [-0.2, 0) is 6.54 Å². The van der Waals surface area contributed by atoms with Gasteiger partial charge in [-0.2, -0.15) is 10.5 Å². The zero-order valence-corrected chi connectivity index (χ0v) is 11.2. The van der Waals surface area contributed by atoms with Gasteiger partial charge in [-0.3, -0.25) is 0 Å². The largest absolute Gasteiger partial charge is 0.384 e. The summed E-state index contributed by atoms with van der Waals surface area (Å²) in [5, 5.41) is 32.2. The smallest absolute Gasteiger partial charge is 0.216 e. The van der Waals surface area contributed by atoms with Crippen molar-refractivity contribution in [3.63, 3.8) is 0 Å². The number of hydrogen-bond acceptors (Lipinski definition) is 7. The monoisotopic (exact) mass is 282 g/mol. The van der Waals surface area contributed by atoms with Gasteiger partial charge in [0, 0.05) is 37.2 Å². The Hall–Kier alpha value is -2.92. The first-order valence-electron chi connectivity index (χ1n) is 6.55. The number of H-pyrrole nitrogens is 1. The van der Waals surface area contributed by atoms with Crippen LogP contribution in [0.5, 0.6) is 0 Å². The Labute approximate surface area is 121 Å². The quantitative estimate of drug-likeness (QED) is 0.612. The van der Waals surface area contributed by atoms with E-state index >= 15 is 0 Å². The summed E-state index contributed by atoms with van der Waals surface area (Å²) < 4.78 is 0. The van der Waals surface area contributed by atoms with E-state index in [2.05, 4.69) is 36.6 Å². The molecule has 1 aliphatic rings. The van der Waals surface area contributed by atoms with Gasteiger partial charge in [-0.1, -0.05) is 0 Å². The molecule has 0 saturated carbocycles. The van der Waals surface area contributed by atoms with Crippen LogP contribution in [0.15, 0.2) is 24.4 Å². The van der Waals surface area contributed by atoms with Crippen molar-refractivity contribution in [1.29, 1.82) is 5.26 Å². The van der Waals surface area contributed by atoms with Crippen LogP contribution in [0, 0.1) is 11.3 Å². The molecule has 0 radical (unpaired) electrons. The maximum atomic E-state index is 9.11. The van der Waals surface area contributed by atoms with Crippen LogP contribution in [0.3, 0.4) is 0 Å². The molecule has 0 saturated heterocycles. The summed E-state index contributed by atoms with van der Waals surface area (Å²) in [5.74, 6) is 0.267. The van der Waals surface area contributed by atoms with Crippen molar-refractivity contribution in [2.75, 3.05) is 23.7 Å². The predicted octanol–water partition coefficient (Wildman–Crippen LogP) is 0.691. The Morgan fingerprint density at radius 3 is 3.14 bits per heavy atom. The van der Waals surface area contributed by atoms with E-state index in [1.54, 1.807) is 6.20 Å². The van der Waals surface area contributed by atoms with Crippen molar-refractivity contribution < 1.29 is 0 Å². The molecule has 21 heavy (non-hydrogen) atoms. The molecule has 8 heteroatoms. The molecule has 3 rings (SSSR count). The Bertz CT molecular complexity index is 683. The van der Waals surface area contributed by atoms with Crippen LogP contribution in [0.2, 0.25) is 0 Å². The fraction of sp³-hybridized carbons (Fsp3) is 0.231. The third-order valence-electron chi connectivity index (χ3n) is 3.13. The third-order valence-corrected chi connectivity index (χ3v) is 3.13. The Morgan fingerprint density at radius 2 is 2.33 bits per heavy atom. The van der Waals surface area contributed by atoms with Crippen LogP contribution in [0.1, 0.15) is 11.4 Å². The van der Waals surface area contributed by atoms with Crippen molar-refractivity contribution >= 4 is 16.9 Å². The van der Waals surface area contributed by atoms with Gasteiger partial charge < -0.3 is 16.0 Å². The summed E-state index contributed by atoms with van der Waals surface area (Å²) in [4.78, 5) is 0. The number of nitrogens with zero attached hydrogens (tertiary/aromatic N) is 4. The zero-order chi connectivity index (χ0) is 14.5. The highest BCUT2D eigenvalue weighted by molar-refractivity contribution is 5.74. The average molecular weight is 282 g/mol. The Kier molecular flexibility index (Phi) is 3.75. The fourth-order valence-electron chi connectivity index (χ4n) is 2.09. The Morgan fingerprint density at radius 1 is 1.38 bits per heavy atom. The van der Waals surface area contributed by atoms with Gasteiger partial charge in [-0.15, -0.1) is 10.2 Å². The summed E-state index contributed by atoms with van der Waals surface area (Å²) in [6.45, 7) is 2.67. The first-order valence-corrected chi connectivity index (χ1v) is 6.55. The van der Waals surface area contributed by atoms with Crippen LogP contribution < -0.4 is 16.0 Å². The second-order valence-corrected chi connectivity index (χ2v) is 4.53. The Balaban J connectivity index is 1.79. The molecular formula is C13H14N8. The molecule has 0 fully saturated rings. The molecule has 1 aromatic heterocycles. The standard InChI is InChI=1S/C13H14N8/c14-6-10(13-18-20-21-19-13)8-17-11-1-2-12-9(5-11)7-15-3-4-16-12/h1-2,5,8,15-17H,3-4,7H2,(H,18,19,20,21). The van der Waals surface area contributed by atoms with Crippen molar-refractivity contribution in [2.24, 2.45) is 0 Å². The summed E-state index contributed by atoms with van der Waals surface area (Å²) in [6.07, 6.45) is 1.57. The highest BCUT2D eigenvalue weighted by Gasteiger charge is 2.08. The molecule has 2 aromatic rings. The molecule has 0 unspecified atom stereocenters. The molecule has 0 bridgehead atoms. The number of allylic oxidation sites excluding steroid dienone is 1. The molecule has 2 heterocycles. The van der Waals surface area contributed by atoms with E-state index < -0.39 is 0 Å². The number of nitriles is 1. The summed E-state index contributed by atoms with van der Waals surface area (Å²) >= 11 is 0. The molecule has 106 valence electrons. The van der Waals surface area contributed by atoms with Crippen molar-refractivity contribution in [1.82, 2.24) is 25.9 Å². The molecule has 4 N–H and O–H groups in total. The number of nitrogens with one attached hydrogen (secondary N) is 4. The molecule has 0 amide bonds. The number of tetrazole rings is 1. The molecule has 0 spiro atoms. The van der Waals surface area contributed by atoms with Crippen molar-refractivity contribution in [3.8, 4) is 6.07 Å². The van der Waals surface area contributed by atoms with Gasteiger partial charge >= 0.3 is 0 Å². The molecule has 8 nitrogen and oxygen atoms in total. The first-order chi connectivity index (χ1) is 10.4. The minimum Gasteiger partial charge on any atom is -0.384 e. The second kappa shape index (κ2) is 6.02. The highest BCUT2D eigenvalue weighted by atomic mass is 15.5. The second-order valence-electron chi connectivity index (χ2n) is 4.53. The van der Waals surface area contributed by atoms with Crippen LogP contribution in [-0.4, -0.2) is 33.7 Å². The number of rotatable bonds is 3. The highest BCUT2D eigenvalue weighted by Crippen LogP contribution is 2.22. The molecule has 0 atom stereocenters. The van der Waals surface area contributed by atoms with Gasteiger partial charge in [0.25, 0.3) is 0 Å². The number of benzene rings is 1. The van der Waals surface area contributed by atoms with Crippen LogP contribution in [0.25, 0.3) is 5.57 Å². The normalized spacial score (nSPS) is 14.5. The van der Waals surface area contributed by atoms with Crippen molar-refractivity contribution in [3.05, 3.63) is 35.8 Å². The van der Waals surface area contributed by atoms with E-state index in [4.69, 9.17) is 5.26 Å². The number of aromatic amines is 1. The van der Waals surface area contributed by atoms with Crippen molar-refractivity contribution in [2.45, 2.75) is 6.54 Å². The van der Waals surface area contributed by atoms with Crippen LogP contribution in [0.4, 0.5) is 11.4 Å². The van der Waals surface area contributed by atoms with E-state index in [9.17, 15) is 0 Å². The zero-order valence-electron chi connectivity index (χ0n) is 11.2. The average Bonchev–Trinajstić information content (AvgIpc) is 2.93. The van der Waals surface area contributed by atoms with Gasteiger partial charge in [0.05, 0.1) is 0 Å². The van der Waals surface area contributed by atoms with E-state index in [1.165, 1.54) is 5.56 Å². The first kappa shape index (κ1) is 13.1. The van der Waals surface area contributed by atoms with E-state index in [0.717, 1.165) is 31.0 Å². The van der Waals surface area contributed by atoms with E-state index in [0.29, 0.717) is 5.57 Å². The third kappa shape index (κ3) is 2.98. The fourth-order valence-corrected chi connectivity index (χ4v) is 2.09. The number of fused-ring (bicyclic) bond motifs is 1. The molecule has 1 aliphatic heterocycles. The molecule has 0 aliphatic carbocycles. The molecule has 1 aromatic carbocycles. The van der Waals surface area contributed by atoms with E-state index in [-0.39, 0.29) is 5.82 Å². The molecular weight excluding hydrogens is 268 g/mol. The lowest BCUT2D eigenvalue weighted by atomic mass is 10.1. The topological polar surface area (TPSA) is 114 Å². The summed E-state index contributed by atoms with van der Waals surface area (Å²) in [7, 11) is 0. The minimum atomic E-state index is 0.267. The van der Waals surface area contributed by atoms with Crippen LogP contribution >= 0.6 is 0 Å². The number of hydrogen-bond donors (Lipinski definition) is 4. The number of anilines is 2. The summed E-state index contributed by atoms with van der Waals surface area (Å²) in [5.41, 5.74) is 3.53. The summed E-state index contributed by atoms with van der Waals surface area (Å²) in [6, 6.07) is 8.06. The lowest BCUT2D eigenvalue weighted by Gasteiger charge is -2.09. The predicted molar refractivity (Wildman–Crippen MR) is 78.0 cm³/mol. The lowest BCUT2D eigenvalue weighted by molar-refractivity contribution is 0.725. The van der Waals surface area contributed by atoms with E-state index in [1.807, 2.05) is 24.3 Å². The van der Waals surface area contributed by atoms with Gasteiger partial charge in [0.1, 0.15) is 11.6 Å². The minimum absolute atomic E-state index is 0.267. The van der Waals surface area contributed by atoms with Gasteiger partial charge in [-0.25, -0.2) is 0 Å². The lowest BCUT2D eigenvalue weighted by Crippen LogP contribution is -2.16. The van der Waals surface area contributed by atoms with Gasteiger partial charge in [-0.05, 0) is 29.0 Å².